The molecule has 0 atom stereocenters. The summed E-state index contributed by atoms with van der Waals surface area (Å²) in [6.45, 7) is 8.45. The van der Waals surface area contributed by atoms with Gasteiger partial charge in [-0.25, -0.2) is 10.1 Å². The molecule has 1 fully saturated rings. The normalized spacial score (nSPS) is 18.5. The topological polar surface area (TPSA) is 97.9 Å². The lowest BCUT2D eigenvalue weighted by atomic mass is 9.94. The lowest BCUT2D eigenvalue weighted by Crippen LogP contribution is -2.69. The fourth-order valence-corrected chi connectivity index (χ4v) is 2.17. The Morgan fingerprint density at radius 3 is 2.68 bits per heavy atom. The molecule has 1 aromatic rings. The van der Waals surface area contributed by atoms with Crippen molar-refractivity contribution in [3.05, 3.63) is 23.5 Å². The van der Waals surface area contributed by atoms with E-state index in [0.717, 1.165) is 18.8 Å². The monoisotopic (exact) mass is 263 g/mol. The fraction of sp³-hybridized carbons (Fsp3) is 0.538. The third-order valence-electron chi connectivity index (χ3n) is 3.54. The largest absolute Gasteiger partial charge is 0.402 e. The van der Waals surface area contributed by atoms with Crippen LogP contribution in [-0.2, 0) is 5.54 Å². The first-order chi connectivity index (χ1) is 8.89. The second-order valence-corrected chi connectivity index (χ2v) is 5.54. The third-order valence-corrected chi connectivity index (χ3v) is 3.54. The van der Waals surface area contributed by atoms with E-state index in [0.29, 0.717) is 17.4 Å². The summed E-state index contributed by atoms with van der Waals surface area (Å²) >= 11 is 0. The highest BCUT2D eigenvalue weighted by molar-refractivity contribution is 5.87. The Labute approximate surface area is 113 Å². The molecule has 0 spiro atoms. The zero-order valence-electron chi connectivity index (χ0n) is 11.8. The molecule has 1 saturated heterocycles. The van der Waals surface area contributed by atoms with Crippen LogP contribution in [0.4, 0.5) is 5.82 Å². The number of hydrogen-bond acceptors (Lipinski definition) is 3. The van der Waals surface area contributed by atoms with Crippen LogP contribution < -0.4 is 16.5 Å². The Kier molecular flexibility index (Phi) is 3.61. The first-order valence-corrected chi connectivity index (χ1v) is 6.54. The number of aromatic nitrogens is 2. The molecule has 0 amide bonds. The number of likely N-dealkylation sites (tertiary alicyclic amines) is 1. The van der Waals surface area contributed by atoms with Crippen LogP contribution in [-0.4, -0.2) is 34.0 Å². The van der Waals surface area contributed by atoms with Gasteiger partial charge in [0.2, 0.25) is 5.84 Å². The summed E-state index contributed by atoms with van der Waals surface area (Å²) in [7, 11) is 0. The van der Waals surface area contributed by atoms with Crippen molar-refractivity contribution in [3.63, 3.8) is 0 Å². The van der Waals surface area contributed by atoms with Gasteiger partial charge in [-0.15, -0.1) is 0 Å². The van der Waals surface area contributed by atoms with Crippen molar-refractivity contribution in [1.29, 1.82) is 0 Å². The van der Waals surface area contributed by atoms with E-state index in [1.54, 1.807) is 13.0 Å². The van der Waals surface area contributed by atoms with E-state index in [4.69, 9.17) is 11.5 Å². The van der Waals surface area contributed by atoms with Crippen LogP contribution in [0, 0.1) is 0 Å². The average Bonchev–Trinajstić information content (AvgIpc) is 2.61. The first-order valence-electron chi connectivity index (χ1n) is 6.54. The van der Waals surface area contributed by atoms with Gasteiger partial charge < -0.3 is 11.5 Å². The van der Waals surface area contributed by atoms with Crippen LogP contribution in [0.1, 0.15) is 32.9 Å². The van der Waals surface area contributed by atoms with E-state index in [1.807, 2.05) is 6.07 Å². The molecular weight excluding hydrogens is 240 g/mol. The van der Waals surface area contributed by atoms with Crippen LogP contribution in [0.3, 0.4) is 0 Å². The molecule has 2 rings (SSSR count). The number of allylic oxidation sites excluding steroid dienone is 1. The molecule has 1 aliphatic rings. The molecule has 0 radical (unpaired) electrons. The van der Waals surface area contributed by atoms with Gasteiger partial charge in [0, 0.05) is 30.9 Å². The molecule has 0 bridgehead atoms. The Hall–Kier alpha value is -1.82. The summed E-state index contributed by atoms with van der Waals surface area (Å²) < 4.78 is 0. The van der Waals surface area contributed by atoms with E-state index >= 15 is 0 Å². The van der Waals surface area contributed by atoms with Crippen LogP contribution in [0.2, 0.25) is 0 Å². The van der Waals surface area contributed by atoms with Gasteiger partial charge in [0.15, 0.2) is 0 Å². The van der Waals surface area contributed by atoms with Crippen molar-refractivity contribution in [3.8, 4) is 0 Å². The van der Waals surface area contributed by atoms with Crippen molar-refractivity contribution in [2.45, 2.75) is 32.7 Å². The zero-order valence-corrected chi connectivity index (χ0v) is 11.8. The summed E-state index contributed by atoms with van der Waals surface area (Å²) in [4.78, 5) is 5.44. The number of aromatic amines is 1. The Morgan fingerprint density at radius 1 is 1.47 bits per heavy atom. The van der Waals surface area contributed by atoms with Crippen LogP contribution in [0.25, 0.3) is 0 Å². The molecule has 0 aliphatic carbocycles. The number of rotatable bonds is 4. The Bertz CT molecular complexity index is 503. The minimum absolute atomic E-state index is 0.0282. The van der Waals surface area contributed by atoms with E-state index in [-0.39, 0.29) is 5.54 Å². The lowest BCUT2D eigenvalue weighted by molar-refractivity contribution is -0.359. The molecule has 6 N–H and O–H groups in total. The molecule has 0 aromatic carbocycles. The fourth-order valence-electron chi connectivity index (χ4n) is 2.17. The highest BCUT2D eigenvalue weighted by Gasteiger charge is 2.34. The van der Waals surface area contributed by atoms with Crippen molar-refractivity contribution in [2.24, 2.45) is 11.5 Å². The molecular formula is C13H23N6+. The van der Waals surface area contributed by atoms with E-state index in [9.17, 15) is 0 Å². The molecule has 6 nitrogen and oxygen atoms in total. The predicted molar refractivity (Wildman–Crippen MR) is 75.6 cm³/mol. The first kappa shape index (κ1) is 13.6. The standard InChI is InChI=1S/C13H22N6/c1-9(14)7-11(15)16-12-8-10(17-18-12)13(2,3)19-5-4-6-19/h7-8H,4-6,14H2,1-3H3,(H3,15,16,17,18)/p+1/b9-7-. The maximum atomic E-state index is 5.81. The second kappa shape index (κ2) is 5.05. The van der Waals surface area contributed by atoms with Gasteiger partial charge in [0.25, 0.3) is 5.82 Å². The maximum absolute atomic E-state index is 5.81. The number of nitrogens with one attached hydrogen (secondary N) is 2. The number of H-pyrrole nitrogens is 1. The average molecular weight is 263 g/mol. The number of nitrogens with zero attached hydrogens (tertiary/aromatic N) is 2. The second-order valence-electron chi connectivity index (χ2n) is 5.54. The molecule has 1 aliphatic heterocycles. The molecule has 104 valence electrons. The number of nitrogens with two attached hydrogens (primary N) is 2. The zero-order chi connectivity index (χ0) is 14.0. The highest BCUT2D eigenvalue weighted by atomic mass is 15.3. The van der Waals surface area contributed by atoms with Crippen LogP contribution in [0.5, 0.6) is 0 Å². The SMILES string of the molecule is C/C(N)=C/C(N)=[NH+]c1cc(C(C)(C)N2CCC2)[nH]n1. The van der Waals surface area contributed by atoms with E-state index in [1.165, 1.54) is 6.42 Å². The van der Waals surface area contributed by atoms with E-state index < -0.39 is 0 Å². The summed E-state index contributed by atoms with van der Waals surface area (Å²) in [6, 6.07) is 1.99. The van der Waals surface area contributed by atoms with Gasteiger partial charge in [-0.05, 0) is 32.3 Å². The molecule has 0 saturated carbocycles. The molecule has 19 heavy (non-hydrogen) atoms. The maximum Gasteiger partial charge on any atom is 0.285 e. The third kappa shape index (κ3) is 2.96. The summed E-state index contributed by atoms with van der Waals surface area (Å²) in [5.41, 5.74) is 13.1. The summed E-state index contributed by atoms with van der Waals surface area (Å²) in [5, 5.41) is 7.32. The number of hydrogen-bond donors (Lipinski definition) is 4. The van der Waals surface area contributed by atoms with Gasteiger partial charge >= 0.3 is 0 Å². The van der Waals surface area contributed by atoms with Crippen molar-refractivity contribution in [1.82, 2.24) is 15.1 Å². The molecule has 2 heterocycles. The summed E-state index contributed by atoms with van der Waals surface area (Å²) in [6.07, 6.45) is 2.94. The summed E-state index contributed by atoms with van der Waals surface area (Å²) in [5.74, 6) is 1.19. The quantitative estimate of drug-likeness (QED) is 0.426. The minimum Gasteiger partial charge on any atom is -0.402 e. The molecule has 6 heteroatoms. The van der Waals surface area contributed by atoms with Crippen molar-refractivity contribution < 1.29 is 4.99 Å². The Balaban J connectivity index is 2.17. The number of amidine groups is 1. The molecule has 0 unspecified atom stereocenters. The Morgan fingerprint density at radius 2 is 2.16 bits per heavy atom. The van der Waals surface area contributed by atoms with Crippen LogP contribution >= 0.6 is 0 Å². The van der Waals surface area contributed by atoms with Crippen LogP contribution in [0.15, 0.2) is 17.8 Å². The van der Waals surface area contributed by atoms with Crippen molar-refractivity contribution in [2.75, 3.05) is 13.1 Å². The van der Waals surface area contributed by atoms with E-state index in [2.05, 4.69) is 33.9 Å². The highest BCUT2D eigenvalue weighted by Crippen LogP contribution is 2.30. The smallest absolute Gasteiger partial charge is 0.285 e. The van der Waals surface area contributed by atoms with Gasteiger partial charge in [-0.3, -0.25) is 4.90 Å². The predicted octanol–water partition coefficient (Wildman–Crippen LogP) is -0.718. The van der Waals surface area contributed by atoms with Gasteiger partial charge in [-0.2, -0.15) is 0 Å². The van der Waals surface area contributed by atoms with Gasteiger partial charge in [0.05, 0.1) is 11.2 Å². The minimum atomic E-state index is -0.0282. The lowest BCUT2D eigenvalue weighted by Gasteiger charge is -2.43. The molecule has 1 aromatic heterocycles. The van der Waals surface area contributed by atoms with Crippen molar-refractivity contribution >= 4 is 11.7 Å². The van der Waals surface area contributed by atoms with Gasteiger partial charge in [-0.1, -0.05) is 0 Å². The van der Waals surface area contributed by atoms with Gasteiger partial charge in [0.1, 0.15) is 0 Å².